The van der Waals surface area contributed by atoms with Crippen molar-refractivity contribution in [2.45, 2.75) is 59.3 Å². The SMILES string of the molecule is CCCNc1ncc(C)c(NCC2CCC(CC)CC2)n1. The summed E-state index contributed by atoms with van der Waals surface area (Å²) in [6.07, 6.45) is 9.84. The predicted octanol–water partition coefficient (Wildman–Crippen LogP) is 4.24. The van der Waals surface area contributed by atoms with Gasteiger partial charge in [-0.2, -0.15) is 4.98 Å². The molecule has 0 spiro atoms. The van der Waals surface area contributed by atoms with E-state index in [9.17, 15) is 0 Å². The summed E-state index contributed by atoms with van der Waals surface area (Å²) in [6.45, 7) is 8.50. The van der Waals surface area contributed by atoms with Crippen LogP contribution in [0.1, 0.15) is 57.9 Å². The van der Waals surface area contributed by atoms with Gasteiger partial charge in [0.15, 0.2) is 0 Å². The molecule has 0 atom stereocenters. The summed E-state index contributed by atoms with van der Waals surface area (Å²) in [5, 5.41) is 6.79. The average molecular weight is 290 g/mol. The molecule has 0 amide bonds. The topological polar surface area (TPSA) is 49.8 Å². The van der Waals surface area contributed by atoms with E-state index >= 15 is 0 Å². The van der Waals surface area contributed by atoms with Crippen LogP contribution in [0.4, 0.5) is 11.8 Å². The van der Waals surface area contributed by atoms with Gasteiger partial charge >= 0.3 is 0 Å². The number of aromatic nitrogens is 2. The number of rotatable bonds is 7. The van der Waals surface area contributed by atoms with E-state index in [-0.39, 0.29) is 0 Å². The molecule has 118 valence electrons. The lowest BCUT2D eigenvalue weighted by molar-refractivity contribution is 0.278. The maximum Gasteiger partial charge on any atom is 0.224 e. The Bertz CT molecular complexity index is 425. The Hall–Kier alpha value is -1.32. The molecule has 0 radical (unpaired) electrons. The molecule has 2 N–H and O–H groups in total. The van der Waals surface area contributed by atoms with Crippen LogP contribution in [0.5, 0.6) is 0 Å². The largest absolute Gasteiger partial charge is 0.369 e. The van der Waals surface area contributed by atoms with Crippen LogP contribution in [-0.4, -0.2) is 23.1 Å². The van der Waals surface area contributed by atoms with E-state index in [1.165, 1.54) is 32.1 Å². The standard InChI is InChI=1S/C17H30N4/c1-4-10-18-17-20-11-13(3)16(21-17)19-12-15-8-6-14(5-2)7-9-15/h11,14-15H,4-10,12H2,1-3H3,(H2,18,19,20,21). The quantitative estimate of drug-likeness (QED) is 0.789. The Morgan fingerprint density at radius 3 is 2.48 bits per heavy atom. The maximum absolute atomic E-state index is 4.59. The van der Waals surface area contributed by atoms with Gasteiger partial charge in [-0.3, -0.25) is 0 Å². The lowest BCUT2D eigenvalue weighted by Gasteiger charge is -2.28. The molecule has 1 aromatic rings. The third kappa shape index (κ3) is 4.87. The molecule has 1 aliphatic carbocycles. The summed E-state index contributed by atoms with van der Waals surface area (Å²) < 4.78 is 0. The number of hydrogen-bond donors (Lipinski definition) is 2. The summed E-state index contributed by atoms with van der Waals surface area (Å²) >= 11 is 0. The van der Waals surface area contributed by atoms with Crippen molar-refractivity contribution in [1.29, 1.82) is 0 Å². The predicted molar refractivity (Wildman–Crippen MR) is 89.8 cm³/mol. The highest BCUT2D eigenvalue weighted by Gasteiger charge is 2.20. The molecule has 4 nitrogen and oxygen atoms in total. The molecular weight excluding hydrogens is 260 g/mol. The van der Waals surface area contributed by atoms with Crippen molar-refractivity contribution in [3.8, 4) is 0 Å². The highest BCUT2D eigenvalue weighted by Crippen LogP contribution is 2.30. The molecule has 0 bridgehead atoms. The number of aryl methyl sites for hydroxylation is 1. The fourth-order valence-electron chi connectivity index (χ4n) is 3.03. The molecule has 0 aliphatic heterocycles. The van der Waals surface area contributed by atoms with Crippen LogP contribution in [0.25, 0.3) is 0 Å². The van der Waals surface area contributed by atoms with Gasteiger partial charge in [-0.25, -0.2) is 4.98 Å². The Balaban J connectivity index is 1.84. The minimum Gasteiger partial charge on any atom is -0.369 e. The highest BCUT2D eigenvalue weighted by molar-refractivity contribution is 5.46. The second-order valence-electron chi connectivity index (χ2n) is 6.33. The number of hydrogen-bond acceptors (Lipinski definition) is 4. The molecule has 0 aromatic carbocycles. The van der Waals surface area contributed by atoms with Crippen molar-refractivity contribution in [2.75, 3.05) is 23.7 Å². The van der Waals surface area contributed by atoms with E-state index in [1.54, 1.807) is 0 Å². The molecule has 4 heteroatoms. The molecule has 2 rings (SSSR count). The van der Waals surface area contributed by atoms with Crippen LogP contribution < -0.4 is 10.6 Å². The maximum atomic E-state index is 4.59. The fourth-order valence-corrected chi connectivity index (χ4v) is 3.03. The van der Waals surface area contributed by atoms with Crippen LogP contribution in [-0.2, 0) is 0 Å². The fraction of sp³-hybridized carbons (Fsp3) is 0.765. The van der Waals surface area contributed by atoms with Crippen molar-refractivity contribution in [1.82, 2.24) is 9.97 Å². The smallest absolute Gasteiger partial charge is 0.224 e. The van der Waals surface area contributed by atoms with E-state index in [4.69, 9.17) is 0 Å². The zero-order valence-electron chi connectivity index (χ0n) is 13.8. The van der Waals surface area contributed by atoms with Crippen molar-refractivity contribution < 1.29 is 0 Å². The van der Waals surface area contributed by atoms with Gasteiger partial charge in [0.25, 0.3) is 0 Å². The van der Waals surface area contributed by atoms with Crippen LogP contribution in [0.2, 0.25) is 0 Å². The van der Waals surface area contributed by atoms with Gasteiger partial charge < -0.3 is 10.6 Å². The van der Waals surface area contributed by atoms with Gasteiger partial charge in [-0.05, 0) is 38.0 Å². The number of nitrogens with one attached hydrogen (secondary N) is 2. The van der Waals surface area contributed by atoms with Gasteiger partial charge in [0.1, 0.15) is 5.82 Å². The highest BCUT2D eigenvalue weighted by atomic mass is 15.1. The molecule has 0 saturated heterocycles. The summed E-state index contributed by atoms with van der Waals surface area (Å²) in [4.78, 5) is 8.92. The summed E-state index contributed by atoms with van der Waals surface area (Å²) in [7, 11) is 0. The van der Waals surface area contributed by atoms with Gasteiger partial charge in [0, 0.05) is 24.8 Å². The Morgan fingerprint density at radius 1 is 1.10 bits per heavy atom. The van der Waals surface area contributed by atoms with E-state index < -0.39 is 0 Å². The van der Waals surface area contributed by atoms with Crippen molar-refractivity contribution in [2.24, 2.45) is 11.8 Å². The minimum absolute atomic E-state index is 0.736. The first kappa shape index (κ1) is 16.1. The van der Waals surface area contributed by atoms with Crippen LogP contribution in [0, 0.1) is 18.8 Å². The van der Waals surface area contributed by atoms with E-state index in [0.29, 0.717) is 0 Å². The molecule has 1 aromatic heterocycles. The average Bonchev–Trinajstić information content (AvgIpc) is 2.53. The Labute approximate surface area is 129 Å². The minimum atomic E-state index is 0.736. The summed E-state index contributed by atoms with van der Waals surface area (Å²) in [5.41, 5.74) is 1.12. The van der Waals surface area contributed by atoms with Crippen molar-refractivity contribution in [3.63, 3.8) is 0 Å². The van der Waals surface area contributed by atoms with Gasteiger partial charge in [0.2, 0.25) is 5.95 Å². The van der Waals surface area contributed by atoms with Crippen LogP contribution >= 0.6 is 0 Å². The second-order valence-corrected chi connectivity index (χ2v) is 6.33. The molecule has 1 fully saturated rings. The summed E-state index contributed by atoms with van der Waals surface area (Å²) in [6, 6.07) is 0. The lowest BCUT2D eigenvalue weighted by Crippen LogP contribution is -2.22. The van der Waals surface area contributed by atoms with E-state index in [0.717, 1.165) is 48.7 Å². The van der Waals surface area contributed by atoms with Gasteiger partial charge in [-0.15, -0.1) is 0 Å². The normalized spacial score (nSPS) is 22.0. The van der Waals surface area contributed by atoms with Crippen molar-refractivity contribution in [3.05, 3.63) is 11.8 Å². The zero-order chi connectivity index (χ0) is 15.1. The third-order valence-electron chi connectivity index (χ3n) is 4.61. The number of nitrogens with zero attached hydrogens (tertiary/aromatic N) is 2. The molecule has 0 unspecified atom stereocenters. The number of anilines is 2. The van der Waals surface area contributed by atoms with E-state index in [1.807, 2.05) is 6.20 Å². The Morgan fingerprint density at radius 2 is 1.81 bits per heavy atom. The summed E-state index contributed by atoms with van der Waals surface area (Å²) in [5.74, 6) is 3.49. The first-order chi connectivity index (χ1) is 10.2. The molecular formula is C17H30N4. The van der Waals surface area contributed by atoms with Gasteiger partial charge in [0.05, 0.1) is 0 Å². The van der Waals surface area contributed by atoms with Crippen molar-refractivity contribution >= 4 is 11.8 Å². The van der Waals surface area contributed by atoms with Crippen LogP contribution in [0.3, 0.4) is 0 Å². The van der Waals surface area contributed by atoms with Crippen LogP contribution in [0.15, 0.2) is 6.20 Å². The first-order valence-corrected chi connectivity index (χ1v) is 8.54. The first-order valence-electron chi connectivity index (χ1n) is 8.54. The molecule has 1 aliphatic rings. The van der Waals surface area contributed by atoms with Gasteiger partial charge in [-0.1, -0.05) is 33.1 Å². The third-order valence-corrected chi connectivity index (χ3v) is 4.61. The second kappa shape index (κ2) is 8.20. The monoisotopic (exact) mass is 290 g/mol. The molecule has 21 heavy (non-hydrogen) atoms. The lowest BCUT2D eigenvalue weighted by atomic mass is 9.81. The van der Waals surface area contributed by atoms with E-state index in [2.05, 4.69) is 41.4 Å². The molecule has 1 heterocycles. The Kier molecular flexibility index (Phi) is 6.27. The molecule has 1 saturated carbocycles. The zero-order valence-corrected chi connectivity index (χ0v) is 13.8.